The van der Waals surface area contributed by atoms with Gasteiger partial charge in [-0.3, -0.25) is 43.2 Å². The maximum atomic E-state index is 13.1. The van der Waals surface area contributed by atoms with Crippen LogP contribution in [0.5, 0.6) is 0 Å². The summed E-state index contributed by atoms with van der Waals surface area (Å²) in [6.45, 7) is 2.06. The number of ketones is 9. The second kappa shape index (κ2) is 48.2. The Morgan fingerprint density at radius 1 is 0.118 bits per heavy atom. The number of carbonyl (C=O) groups excluding carboxylic acids is 9. The van der Waals surface area contributed by atoms with Crippen LogP contribution in [0.2, 0.25) is 0 Å². The third-order valence-corrected chi connectivity index (χ3v) is 22.6. The van der Waals surface area contributed by atoms with Gasteiger partial charge in [0, 0.05) is 100 Å². The molecule has 0 unspecified atom stereocenters. The fraction of sp³-hybridized carbons (Fsp3) is 0.00806. The summed E-state index contributed by atoms with van der Waals surface area (Å²) in [5, 5.41) is 0. The van der Waals surface area contributed by atoms with Crippen LogP contribution in [0.3, 0.4) is 0 Å². The molecule has 0 aromatic heterocycles. The van der Waals surface area contributed by atoms with Crippen LogP contribution >= 0.6 is 0 Å². The average Bonchev–Trinajstić information content (AvgIpc) is 0.822. The molecule has 0 bridgehead atoms. The second-order valence-electron chi connectivity index (χ2n) is 32.4. The van der Waals surface area contributed by atoms with E-state index in [0.29, 0.717) is 100 Å². The highest BCUT2D eigenvalue weighted by Crippen LogP contribution is 2.30. The van der Waals surface area contributed by atoms with E-state index in [-0.39, 0.29) is 81.1 Å². The number of aryl methyl sites for hydroxylation is 1. The standard InChI is InChI=1S/C26H16F2O2.C26H19FO.2C20H12F2O2.C19H12F2O.C13H8F2O/c27-23-13-9-21(10-14-23)25(29)19-5-1-17(2-6-19)18-3-7-20(8-4-18)26(30)22-11-15-24(28)16-12-22;1-18-2-4-19(5-3-18)20-6-10-23(11-7-20)26(28)24-12-8-21(9-13-24)22-14-16-25(27)17-15-22;21-17-9-5-15(6-10-17)19(23)13-1-2-14(4-3-13)20(24)16-7-11-18(22)12-8-16;21-17-8-4-13(5-9-17)19(23)15-2-1-3-16(12-15)20(24)14-6-10-18(22)11-7-14;20-17-9-5-14(6-10-17)13-1-3-15(4-2-13)19(22)16-7-11-18(21)12-8-16;14-11-5-1-9(2-6-11)13(16)10-3-7-12(15)8-4-10/h1-16H;2-17H,1H3;2*1-12H;1-12H;1-8H. The molecule has 0 aliphatic rings. The lowest BCUT2D eigenvalue weighted by Crippen LogP contribution is -2.06. The van der Waals surface area contributed by atoms with E-state index in [4.69, 9.17) is 0 Å². The van der Waals surface area contributed by atoms with Gasteiger partial charge in [0.05, 0.1) is 0 Å². The molecule has 144 heavy (non-hydrogen) atoms. The first-order valence-corrected chi connectivity index (χ1v) is 44.5. The minimum atomic E-state index is -0.424. The summed E-state index contributed by atoms with van der Waals surface area (Å²) in [6.07, 6.45) is 0. The Hall–Kier alpha value is -18.6. The zero-order chi connectivity index (χ0) is 102. The molecule has 20 heteroatoms. The highest BCUT2D eigenvalue weighted by atomic mass is 19.2. The maximum absolute atomic E-state index is 13.1. The number of carbonyl (C=O) groups is 9. The van der Waals surface area contributed by atoms with Gasteiger partial charge in [0.15, 0.2) is 52.0 Å². The van der Waals surface area contributed by atoms with Crippen LogP contribution in [-0.2, 0) is 0 Å². The molecule has 0 saturated carbocycles. The van der Waals surface area contributed by atoms with Crippen molar-refractivity contribution in [2.24, 2.45) is 0 Å². The zero-order valence-electron chi connectivity index (χ0n) is 76.2. The Morgan fingerprint density at radius 2 is 0.208 bits per heavy atom. The molecule has 0 saturated heterocycles. The molecule has 19 aromatic carbocycles. The average molecular weight is 1920 g/mol. The number of halogens is 11. The summed E-state index contributed by atoms with van der Waals surface area (Å²) >= 11 is 0. The molecule has 0 spiro atoms. The van der Waals surface area contributed by atoms with Gasteiger partial charge >= 0.3 is 0 Å². The van der Waals surface area contributed by atoms with Crippen LogP contribution in [0.25, 0.3) is 44.5 Å². The van der Waals surface area contributed by atoms with E-state index in [1.807, 2.05) is 84.9 Å². The Kier molecular flexibility index (Phi) is 33.9. The molecular weight excluding hydrogens is 1840 g/mol. The van der Waals surface area contributed by atoms with Crippen LogP contribution in [0.15, 0.2) is 461 Å². The molecule has 0 atom stereocenters. The van der Waals surface area contributed by atoms with Crippen LogP contribution in [0, 0.1) is 70.9 Å². The van der Waals surface area contributed by atoms with Gasteiger partial charge in [-0.25, -0.2) is 48.3 Å². The van der Waals surface area contributed by atoms with Gasteiger partial charge in [-0.1, -0.05) is 218 Å². The SMILES string of the molecule is Cc1ccc(-c2ccc(C(=O)c3ccc(-c4ccc(F)cc4)cc3)cc2)cc1.O=C(c1ccc(F)cc1)c1ccc(-c2ccc(C(=O)c3ccc(F)cc3)cc2)cc1.O=C(c1ccc(F)cc1)c1ccc(-c2ccc(F)cc2)cc1.O=C(c1ccc(F)cc1)c1ccc(C(=O)c2ccc(F)cc2)cc1.O=C(c1ccc(F)cc1)c1ccc(F)cc1.O=C(c1ccc(F)cc1)c1cccc(C(=O)c2ccc(F)cc2)c1. The third kappa shape index (κ3) is 27.5. The highest BCUT2D eigenvalue weighted by Gasteiger charge is 2.20. The molecule has 19 rings (SSSR count). The van der Waals surface area contributed by atoms with Crippen molar-refractivity contribution in [1.82, 2.24) is 0 Å². The number of benzene rings is 19. The first-order chi connectivity index (χ1) is 69.5. The monoisotopic (exact) mass is 1920 g/mol. The highest BCUT2D eigenvalue weighted by molar-refractivity contribution is 6.16. The van der Waals surface area contributed by atoms with Crippen LogP contribution in [0.1, 0.15) is 149 Å². The van der Waals surface area contributed by atoms with E-state index >= 15 is 0 Å². The van der Waals surface area contributed by atoms with Gasteiger partial charge < -0.3 is 0 Å². The van der Waals surface area contributed by atoms with Crippen molar-refractivity contribution < 1.29 is 91.4 Å². The second-order valence-corrected chi connectivity index (χ2v) is 32.4. The lowest BCUT2D eigenvalue weighted by Gasteiger charge is -2.06. The number of hydrogen-bond donors (Lipinski definition) is 0. The van der Waals surface area contributed by atoms with E-state index in [2.05, 4.69) is 31.2 Å². The van der Waals surface area contributed by atoms with Crippen molar-refractivity contribution in [1.29, 1.82) is 0 Å². The predicted molar refractivity (Wildman–Crippen MR) is 534 cm³/mol. The van der Waals surface area contributed by atoms with Crippen molar-refractivity contribution in [3.8, 4) is 44.5 Å². The van der Waals surface area contributed by atoms with E-state index in [9.17, 15) is 91.4 Å². The van der Waals surface area contributed by atoms with Crippen molar-refractivity contribution in [2.45, 2.75) is 6.92 Å². The van der Waals surface area contributed by atoms with Crippen molar-refractivity contribution in [3.63, 3.8) is 0 Å². The maximum Gasteiger partial charge on any atom is 0.193 e. The molecule has 0 fully saturated rings. The summed E-state index contributed by atoms with van der Waals surface area (Å²) in [5.74, 6) is -6.04. The minimum absolute atomic E-state index is 0.0129. The Balaban J connectivity index is 0.000000138. The van der Waals surface area contributed by atoms with E-state index < -0.39 is 34.9 Å². The van der Waals surface area contributed by atoms with Crippen molar-refractivity contribution in [2.75, 3.05) is 0 Å². The van der Waals surface area contributed by atoms with Crippen LogP contribution in [-0.4, -0.2) is 52.0 Å². The van der Waals surface area contributed by atoms with Crippen LogP contribution < -0.4 is 0 Å². The molecule has 0 radical (unpaired) electrons. The molecule has 0 heterocycles. The van der Waals surface area contributed by atoms with Gasteiger partial charge in [-0.05, 0) is 300 Å². The minimum Gasteiger partial charge on any atom is -0.289 e. The summed E-state index contributed by atoms with van der Waals surface area (Å²) in [6, 6.07) is 117. The number of rotatable bonds is 22. The van der Waals surface area contributed by atoms with Crippen molar-refractivity contribution in [3.05, 3.63) is 631 Å². The van der Waals surface area contributed by atoms with Crippen LogP contribution in [0.4, 0.5) is 48.3 Å². The summed E-state index contributed by atoms with van der Waals surface area (Å²) < 4.78 is 142. The van der Waals surface area contributed by atoms with Gasteiger partial charge in [0.2, 0.25) is 0 Å². The molecule has 0 N–H and O–H groups in total. The van der Waals surface area contributed by atoms with Gasteiger partial charge in [-0.2, -0.15) is 0 Å². The molecule has 0 aliphatic heterocycles. The molecular formula is C124H79F11O9. The van der Waals surface area contributed by atoms with E-state index in [1.54, 1.807) is 103 Å². The van der Waals surface area contributed by atoms with Gasteiger partial charge in [-0.15, -0.1) is 0 Å². The Labute approximate surface area is 820 Å². The molecule has 706 valence electrons. The number of hydrogen-bond acceptors (Lipinski definition) is 9. The van der Waals surface area contributed by atoms with Gasteiger partial charge in [0.1, 0.15) is 64.0 Å². The summed E-state index contributed by atoms with van der Waals surface area (Å²) in [4.78, 5) is 111. The fourth-order valence-electron chi connectivity index (χ4n) is 14.6. The first-order valence-electron chi connectivity index (χ1n) is 44.5. The summed E-state index contributed by atoms with van der Waals surface area (Å²) in [7, 11) is 0. The van der Waals surface area contributed by atoms with E-state index in [1.165, 1.54) is 254 Å². The molecule has 0 amide bonds. The lowest BCUT2D eigenvalue weighted by atomic mass is 9.97. The molecule has 19 aromatic rings. The zero-order valence-corrected chi connectivity index (χ0v) is 76.2. The summed E-state index contributed by atoms with van der Waals surface area (Å²) in [5.41, 5.74) is 16.6. The first kappa shape index (κ1) is 101. The lowest BCUT2D eigenvalue weighted by molar-refractivity contribution is 0.102. The van der Waals surface area contributed by atoms with Crippen molar-refractivity contribution >= 4 is 52.0 Å². The Bertz CT molecular complexity index is 7350. The third-order valence-electron chi connectivity index (χ3n) is 22.6. The smallest absolute Gasteiger partial charge is 0.193 e. The molecule has 9 nitrogen and oxygen atoms in total. The predicted octanol–water partition coefficient (Wildman–Crippen LogP) is 29.7. The quantitative estimate of drug-likeness (QED) is 0.0476. The molecule has 0 aliphatic carbocycles. The van der Waals surface area contributed by atoms with E-state index in [0.717, 1.165) is 44.5 Å². The normalized spacial score (nSPS) is 10.5. The van der Waals surface area contributed by atoms with Gasteiger partial charge in [0.25, 0.3) is 0 Å². The fourth-order valence-corrected chi connectivity index (χ4v) is 14.6. The largest absolute Gasteiger partial charge is 0.289 e. The Morgan fingerprint density at radius 3 is 0.340 bits per heavy atom. The topological polar surface area (TPSA) is 154 Å².